The fraction of sp³-hybridized carbons (Fsp3) is 1.00. The smallest absolute Gasteiger partial charge is 0.0623 e. The molecular formula is C10H20N2O2S. The lowest BCUT2D eigenvalue weighted by Crippen LogP contribution is -2.45. The zero-order valence-electron chi connectivity index (χ0n) is 9.28. The Morgan fingerprint density at radius 3 is 2.80 bits per heavy atom. The number of hydrogen-bond acceptors (Lipinski definition) is 4. The second-order valence-electron chi connectivity index (χ2n) is 4.34. The molecule has 0 aromatic rings. The standard InChI is InChI=1S/C10H20N2O2S/c1-11-10-8-14-7-9(10)6-12-2-4-15(13)5-3-12/h9-11H,2-8H2,1H3. The number of nitrogens with one attached hydrogen (secondary N) is 1. The molecule has 15 heavy (non-hydrogen) atoms. The Balaban J connectivity index is 1.78. The van der Waals surface area contributed by atoms with Crippen LogP contribution in [0.2, 0.25) is 0 Å². The molecule has 0 aromatic heterocycles. The molecule has 0 aliphatic carbocycles. The van der Waals surface area contributed by atoms with Crippen molar-refractivity contribution in [1.82, 2.24) is 10.2 Å². The molecule has 0 bridgehead atoms. The molecule has 2 saturated heterocycles. The third-order valence-electron chi connectivity index (χ3n) is 3.33. The summed E-state index contributed by atoms with van der Waals surface area (Å²) in [6.07, 6.45) is 0. The van der Waals surface area contributed by atoms with Gasteiger partial charge in [-0.1, -0.05) is 0 Å². The van der Waals surface area contributed by atoms with E-state index in [2.05, 4.69) is 10.2 Å². The van der Waals surface area contributed by atoms with Gasteiger partial charge >= 0.3 is 0 Å². The fourth-order valence-electron chi connectivity index (χ4n) is 2.29. The lowest BCUT2D eigenvalue weighted by molar-refractivity contribution is 0.170. The highest BCUT2D eigenvalue weighted by Crippen LogP contribution is 2.15. The van der Waals surface area contributed by atoms with Crippen LogP contribution in [0.5, 0.6) is 0 Å². The van der Waals surface area contributed by atoms with E-state index in [0.717, 1.165) is 44.4 Å². The monoisotopic (exact) mass is 232 g/mol. The molecule has 88 valence electrons. The third-order valence-corrected chi connectivity index (χ3v) is 4.61. The number of likely N-dealkylation sites (N-methyl/N-ethyl adjacent to an activating group) is 1. The van der Waals surface area contributed by atoms with Crippen LogP contribution in [0.25, 0.3) is 0 Å². The highest BCUT2D eigenvalue weighted by atomic mass is 32.2. The van der Waals surface area contributed by atoms with Gasteiger partial charge in [0.05, 0.1) is 13.2 Å². The Morgan fingerprint density at radius 2 is 2.13 bits per heavy atom. The summed E-state index contributed by atoms with van der Waals surface area (Å²) in [7, 11) is 1.43. The van der Waals surface area contributed by atoms with Crippen LogP contribution in [0.15, 0.2) is 0 Å². The Morgan fingerprint density at radius 1 is 1.40 bits per heavy atom. The van der Waals surface area contributed by atoms with Gasteiger partial charge in [0.1, 0.15) is 0 Å². The lowest BCUT2D eigenvalue weighted by Gasteiger charge is -2.30. The normalized spacial score (nSPS) is 34.7. The lowest BCUT2D eigenvalue weighted by atomic mass is 10.0. The highest BCUT2D eigenvalue weighted by molar-refractivity contribution is 7.85. The Kier molecular flexibility index (Phi) is 4.13. The zero-order valence-corrected chi connectivity index (χ0v) is 10.1. The van der Waals surface area contributed by atoms with E-state index in [-0.39, 0.29) is 0 Å². The number of nitrogens with zero attached hydrogens (tertiary/aromatic N) is 1. The average molecular weight is 232 g/mol. The minimum atomic E-state index is -0.563. The van der Waals surface area contributed by atoms with Gasteiger partial charge in [0.2, 0.25) is 0 Å². The van der Waals surface area contributed by atoms with Crippen LogP contribution in [0.3, 0.4) is 0 Å². The van der Waals surface area contributed by atoms with Gasteiger partial charge in [0.15, 0.2) is 0 Å². The summed E-state index contributed by atoms with van der Waals surface area (Å²) in [6, 6.07) is 0.498. The van der Waals surface area contributed by atoms with Crippen LogP contribution in [-0.2, 0) is 15.5 Å². The predicted octanol–water partition coefficient (Wildman–Crippen LogP) is -0.715. The van der Waals surface area contributed by atoms with Gasteiger partial charge in [-0.2, -0.15) is 0 Å². The van der Waals surface area contributed by atoms with E-state index in [1.54, 1.807) is 0 Å². The van der Waals surface area contributed by atoms with Crippen molar-refractivity contribution in [2.75, 3.05) is 51.4 Å². The molecule has 5 heteroatoms. The van der Waals surface area contributed by atoms with Crippen LogP contribution in [0.4, 0.5) is 0 Å². The van der Waals surface area contributed by atoms with Gasteiger partial charge in [-0.15, -0.1) is 0 Å². The summed E-state index contributed by atoms with van der Waals surface area (Å²) in [5.74, 6) is 2.29. The van der Waals surface area contributed by atoms with E-state index in [0.29, 0.717) is 12.0 Å². The molecule has 2 aliphatic rings. The Hall–Kier alpha value is 0.0300. The van der Waals surface area contributed by atoms with Crippen LogP contribution in [0.1, 0.15) is 0 Å². The molecule has 0 radical (unpaired) electrons. The predicted molar refractivity (Wildman–Crippen MR) is 61.5 cm³/mol. The SMILES string of the molecule is CNC1COCC1CN1CCS(=O)CC1. The molecule has 2 unspecified atom stereocenters. The van der Waals surface area contributed by atoms with Crippen molar-refractivity contribution in [2.45, 2.75) is 6.04 Å². The van der Waals surface area contributed by atoms with E-state index in [1.807, 2.05) is 7.05 Å². The van der Waals surface area contributed by atoms with E-state index in [4.69, 9.17) is 4.74 Å². The summed E-state index contributed by atoms with van der Waals surface area (Å²) >= 11 is 0. The second-order valence-corrected chi connectivity index (χ2v) is 6.04. The van der Waals surface area contributed by atoms with E-state index in [9.17, 15) is 4.21 Å². The Bertz CT molecular complexity index is 227. The summed E-state index contributed by atoms with van der Waals surface area (Å²) in [5, 5.41) is 3.30. The number of rotatable bonds is 3. The average Bonchev–Trinajstić information content (AvgIpc) is 2.69. The second kappa shape index (κ2) is 5.39. The van der Waals surface area contributed by atoms with E-state index >= 15 is 0 Å². The Labute approximate surface area is 93.8 Å². The van der Waals surface area contributed by atoms with Crippen molar-refractivity contribution < 1.29 is 8.95 Å². The van der Waals surface area contributed by atoms with E-state index in [1.165, 1.54) is 0 Å². The molecule has 2 rings (SSSR count). The first-order valence-electron chi connectivity index (χ1n) is 5.62. The molecule has 0 aromatic carbocycles. The van der Waals surface area contributed by atoms with Crippen molar-refractivity contribution >= 4 is 10.8 Å². The summed E-state index contributed by atoms with van der Waals surface area (Å²) in [6.45, 7) is 4.76. The number of hydrogen-bond donors (Lipinski definition) is 1. The van der Waals surface area contributed by atoms with Gasteiger partial charge in [0.25, 0.3) is 0 Å². The first-order valence-corrected chi connectivity index (χ1v) is 7.10. The molecule has 1 N–H and O–H groups in total. The van der Waals surface area contributed by atoms with Crippen molar-refractivity contribution in [2.24, 2.45) is 5.92 Å². The third kappa shape index (κ3) is 3.00. The van der Waals surface area contributed by atoms with Gasteiger partial charge in [-0.05, 0) is 7.05 Å². The van der Waals surface area contributed by atoms with Gasteiger partial charge in [-0.3, -0.25) is 4.21 Å². The first-order chi connectivity index (χ1) is 7.29. The minimum Gasteiger partial charge on any atom is -0.379 e. The molecule has 2 heterocycles. The van der Waals surface area contributed by atoms with Crippen molar-refractivity contribution in [3.8, 4) is 0 Å². The topological polar surface area (TPSA) is 41.6 Å². The van der Waals surface area contributed by atoms with Gasteiger partial charge in [0, 0.05) is 53.9 Å². The molecule has 2 aliphatic heterocycles. The van der Waals surface area contributed by atoms with Crippen molar-refractivity contribution in [3.05, 3.63) is 0 Å². The largest absolute Gasteiger partial charge is 0.379 e. The molecule has 0 spiro atoms. The first kappa shape index (κ1) is 11.5. The molecule has 2 fully saturated rings. The van der Waals surface area contributed by atoms with Crippen LogP contribution in [0, 0.1) is 5.92 Å². The molecular weight excluding hydrogens is 212 g/mol. The summed E-state index contributed by atoms with van der Waals surface area (Å²) in [4.78, 5) is 2.42. The van der Waals surface area contributed by atoms with Crippen LogP contribution < -0.4 is 5.32 Å². The maximum absolute atomic E-state index is 11.2. The van der Waals surface area contributed by atoms with Crippen LogP contribution in [-0.4, -0.2) is 66.6 Å². The van der Waals surface area contributed by atoms with Crippen molar-refractivity contribution in [3.63, 3.8) is 0 Å². The molecule has 2 atom stereocenters. The zero-order chi connectivity index (χ0) is 10.7. The van der Waals surface area contributed by atoms with Crippen molar-refractivity contribution in [1.29, 1.82) is 0 Å². The highest BCUT2D eigenvalue weighted by Gasteiger charge is 2.29. The quantitative estimate of drug-likeness (QED) is 0.698. The molecule has 0 amide bonds. The minimum absolute atomic E-state index is 0.498. The molecule has 4 nitrogen and oxygen atoms in total. The van der Waals surface area contributed by atoms with E-state index < -0.39 is 10.8 Å². The summed E-state index contributed by atoms with van der Waals surface area (Å²) < 4.78 is 16.7. The van der Waals surface area contributed by atoms with Gasteiger partial charge < -0.3 is 15.0 Å². The van der Waals surface area contributed by atoms with Gasteiger partial charge in [-0.25, -0.2) is 0 Å². The fourth-order valence-corrected chi connectivity index (χ4v) is 3.42. The number of ether oxygens (including phenoxy) is 1. The maximum atomic E-state index is 11.2. The van der Waals surface area contributed by atoms with Crippen LogP contribution >= 0.6 is 0 Å². The molecule has 0 saturated carbocycles. The maximum Gasteiger partial charge on any atom is 0.0623 e. The summed E-state index contributed by atoms with van der Waals surface area (Å²) in [5.41, 5.74) is 0.